The summed E-state index contributed by atoms with van der Waals surface area (Å²) in [4.78, 5) is 0. The van der Waals surface area contributed by atoms with E-state index in [1.807, 2.05) is 6.07 Å². The minimum atomic E-state index is -2.88. The summed E-state index contributed by atoms with van der Waals surface area (Å²) in [7, 11) is -2.88. The van der Waals surface area contributed by atoms with Crippen molar-refractivity contribution in [2.45, 2.75) is 25.4 Å². The topological polar surface area (TPSA) is 83.1 Å². The number of hydrogen-bond donors (Lipinski definition) is 1. The number of nitriles is 1. The molecule has 1 aromatic rings. The van der Waals surface area contributed by atoms with Gasteiger partial charge in [-0.2, -0.15) is 5.26 Å². The van der Waals surface area contributed by atoms with Gasteiger partial charge in [0.15, 0.2) is 9.84 Å². The molecular formula is C11H14N2O3S. The molecule has 92 valence electrons. The Morgan fingerprint density at radius 2 is 2.35 bits per heavy atom. The number of nitrogens with zero attached hydrogens (tertiary/aromatic N) is 1. The predicted octanol–water partition coefficient (Wildman–Crippen LogP) is 0.818. The Bertz CT molecular complexity index is 527. The lowest BCUT2D eigenvalue weighted by atomic mass is 10.2. The van der Waals surface area contributed by atoms with E-state index in [9.17, 15) is 8.42 Å². The molecule has 1 unspecified atom stereocenters. The van der Waals surface area contributed by atoms with Crippen LogP contribution >= 0.6 is 0 Å². The summed E-state index contributed by atoms with van der Waals surface area (Å²) in [5, 5.41) is 11.7. The second-order valence-corrected chi connectivity index (χ2v) is 6.44. The molecule has 1 N–H and O–H groups in total. The molecule has 1 aromatic heterocycles. The van der Waals surface area contributed by atoms with Crippen LogP contribution in [0.4, 0.5) is 0 Å². The first-order valence-electron chi connectivity index (χ1n) is 5.52. The second-order valence-electron chi connectivity index (χ2n) is 4.21. The molecule has 0 aromatic carbocycles. The van der Waals surface area contributed by atoms with Crippen LogP contribution in [0.1, 0.15) is 24.4 Å². The van der Waals surface area contributed by atoms with Crippen LogP contribution in [-0.2, 0) is 16.4 Å². The molecule has 1 fully saturated rings. The molecular weight excluding hydrogens is 240 g/mol. The first-order chi connectivity index (χ1) is 8.09. The van der Waals surface area contributed by atoms with Gasteiger partial charge in [-0.05, 0) is 25.0 Å². The fourth-order valence-electron chi connectivity index (χ4n) is 1.96. The number of hydrogen-bond acceptors (Lipinski definition) is 5. The SMILES string of the molecule is N#Cc1ccc(CNC2CCCS(=O)(=O)C2)o1. The monoisotopic (exact) mass is 254 g/mol. The maximum absolute atomic E-state index is 11.4. The Balaban J connectivity index is 1.88. The van der Waals surface area contributed by atoms with Gasteiger partial charge in [0, 0.05) is 6.04 Å². The van der Waals surface area contributed by atoms with Crippen molar-refractivity contribution in [1.29, 1.82) is 5.26 Å². The molecule has 0 bridgehead atoms. The van der Waals surface area contributed by atoms with E-state index in [4.69, 9.17) is 9.68 Å². The highest BCUT2D eigenvalue weighted by Crippen LogP contribution is 2.13. The van der Waals surface area contributed by atoms with Gasteiger partial charge >= 0.3 is 0 Å². The number of sulfone groups is 1. The molecule has 0 spiro atoms. The average Bonchev–Trinajstić information content (AvgIpc) is 2.73. The summed E-state index contributed by atoms with van der Waals surface area (Å²) >= 11 is 0. The highest BCUT2D eigenvalue weighted by molar-refractivity contribution is 7.91. The first kappa shape index (κ1) is 12.1. The third-order valence-corrected chi connectivity index (χ3v) is 4.62. The van der Waals surface area contributed by atoms with Crippen LogP contribution in [0.3, 0.4) is 0 Å². The maximum atomic E-state index is 11.4. The zero-order chi connectivity index (χ0) is 12.3. The molecule has 0 saturated carbocycles. The fraction of sp³-hybridized carbons (Fsp3) is 0.545. The summed E-state index contributed by atoms with van der Waals surface area (Å²) in [6.45, 7) is 0.460. The van der Waals surface area contributed by atoms with Crippen molar-refractivity contribution in [2.24, 2.45) is 0 Å². The minimum absolute atomic E-state index is 0.00983. The zero-order valence-electron chi connectivity index (χ0n) is 9.35. The highest BCUT2D eigenvalue weighted by Gasteiger charge is 2.24. The van der Waals surface area contributed by atoms with E-state index in [0.29, 0.717) is 24.5 Å². The van der Waals surface area contributed by atoms with Crippen molar-refractivity contribution >= 4 is 9.84 Å². The summed E-state index contributed by atoms with van der Waals surface area (Å²) in [6.07, 6.45) is 1.58. The van der Waals surface area contributed by atoms with E-state index >= 15 is 0 Å². The van der Waals surface area contributed by atoms with E-state index in [1.165, 1.54) is 0 Å². The van der Waals surface area contributed by atoms with Crippen molar-refractivity contribution < 1.29 is 12.8 Å². The van der Waals surface area contributed by atoms with Crippen molar-refractivity contribution in [2.75, 3.05) is 11.5 Å². The fourth-order valence-corrected chi connectivity index (χ4v) is 3.63. The molecule has 17 heavy (non-hydrogen) atoms. The molecule has 0 aliphatic carbocycles. The van der Waals surface area contributed by atoms with Crippen molar-refractivity contribution in [3.63, 3.8) is 0 Å². The largest absolute Gasteiger partial charge is 0.449 e. The highest BCUT2D eigenvalue weighted by atomic mass is 32.2. The standard InChI is InChI=1S/C11H14N2O3S/c12-6-10-3-4-11(16-10)7-13-9-2-1-5-17(14,15)8-9/h3-4,9,13H,1-2,5,7-8H2. The molecule has 0 radical (unpaired) electrons. The van der Waals surface area contributed by atoms with Crippen molar-refractivity contribution in [3.8, 4) is 6.07 Å². The Labute approximate surface area is 100 Å². The number of rotatable bonds is 3. The summed E-state index contributed by atoms with van der Waals surface area (Å²) in [5.41, 5.74) is 0. The van der Waals surface area contributed by atoms with Gasteiger partial charge in [0.1, 0.15) is 11.8 Å². The zero-order valence-corrected chi connectivity index (χ0v) is 10.2. The van der Waals surface area contributed by atoms with Gasteiger partial charge in [0.25, 0.3) is 0 Å². The molecule has 5 nitrogen and oxygen atoms in total. The van der Waals surface area contributed by atoms with Gasteiger partial charge < -0.3 is 9.73 Å². The predicted molar refractivity (Wildman–Crippen MR) is 61.9 cm³/mol. The molecule has 1 atom stereocenters. The van der Waals surface area contributed by atoms with Crippen LogP contribution in [0, 0.1) is 11.3 Å². The lowest BCUT2D eigenvalue weighted by molar-refractivity contribution is 0.428. The number of furan rings is 1. The van der Waals surface area contributed by atoms with Crippen molar-refractivity contribution in [3.05, 3.63) is 23.7 Å². The lowest BCUT2D eigenvalue weighted by Crippen LogP contribution is -2.39. The molecule has 1 saturated heterocycles. The van der Waals surface area contributed by atoms with Crippen LogP contribution in [-0.4, -0.2) is 26.0 Å². The van der Waals surface area contributed by atoms with Gasteiger partial charge in [0.05, 0.1) is 18.1 Å². The molecule has 2 rings (SSSR count). The molecule has 1 aliphatic rings. The van der Waals surface area contributed by atoms with Gasteiger partial charge in [0.2, 0.25) is 5.76 Å². The first-order valence-corrected chi connectivity index (χ1v) is 7.34. The normalized spacial score (nSPS) is 23.1. The molecule has 2 heterocycles. The van der Waals surface area contributed by atoms with Gasteiger partial charge in [-0.1, -0.05) is 0 Å². The van der Waals surface area contributed by atoms with Crippen molar-refractivity contribution in [1.82, 2.24) is 5.32 Å². The summed E-state index contributed by atoms with van der Waals surface area (Å²) < 4.78 is 28.0. The quantitative estimate of drug-likeness (QED) is 0.863. The van der Waals surface area contributed by atoms with Crippen LogP contribution < -0.4 is 5.32 Å². The third-order valence-electron chi connectivity index (χ3n) is 2.80. The molecule has 1 aliphatic heterocycles. The van der Waals surface area contributed by atoms with Gasteiger partial charge in [-0.25, -0.2) is 8.42 Å². The Morgan fingerprint density at radius 1 is 1.53 bits per heavy atom. The van der Waals surface area contributed by atoms with Crippen LogP contribution in [0.15, 0.2) is 16.5 Å². The van der Waals surface area contributed by atoms with E-state index in [2.05, 4.69) is 5.32 Å². The van der Waals surface area contributed by atoms with Gasteiger partial charge in [-0.15, -0.1) is 0 Å². The summed E-state index contributed by atoms with van der Waals surface area (Å²) in [5.74, 6) is 1.42. The number of nitrogens with one attached hydrogen (secondary N) is 1. The van der Waals surface area contributed by atoms with Gasteiger partial charge in [-0.3, -0.25) is 0 Å². The smallest absolute Gasteiger partial charge is 0.203 e. The van der Waals surface area contributed by atoms with Crippen LogP contribution in [0.2, 0.25) is 0 Å². The van der Waals surface area contributed by atoms with E-state index in [1.54, 1.807) is 12.1 Å². The van der Waals surface area contributed by atoms with E-state index in [0.717, 1.165) is 6.42 Å². The van der Waals surface area contributed by atoms with E-state index in [-0.39, 0.29) is 17.6 Å². The molecule has 6 heteroatoms. The molecule has 0 amide bonds. The third kappa shape index (κ3) is 3.32. The summed E-state index contributed by atoms with van der Waals surface area (Å²) in [6, 6.07) is 5.23. The Morgan fingerprint density at radius 3 is 3.00 bits per heavy atom. The van der Waals surface area contributed by atoms with Crippen LogP contribution in [0.25, 0.3) is 0 Å². The lowest BCUT2D eigenvalue weighted by Gasteiger charge is -2.22. The average molecular weight is 254 g/mol. The Kier molecular flexibility index (Phi) is 3.50. The Hall–Kier alpha value is -1.32. The van der Waals surface area contributed by atoms with E-state index < -0.39 is 9.84 Å². The maximum Gasteiger partial charge on any atom is 0.203 e. The second kappa shape index (κ2) is 4.90. The minimum Gasteiger partial charge on any atom is -0.449 e. The van der Waals surface area contributed by atoms with Crippen LogP contribution in [0.5, 0.6) is 0 Å².